The van der Waals surface area contributed by atoms with Crippen molar-refractivity contribution in [3.05, 3.63) is 24.4 Å². The zero-order valence-corrected chi connectivity index (χ0v) is 10.8. The molecule has 0 aromatic carbocycles. The highest BCUT2D eigenvalue weighted by Crippen LogP contribution is 2.17. The summed E-state index contributed by atoms with van der Waals surface area (Å²) in [6.07, 6.45) is 6.89. The molecule has 0 bridgehead atoms. The highest BCUT2D eigenvalue weighted by molar-refractivity contribution is 5.89. The Labute approximate surface area is 104 Å². The Balaban J connectivity index is 2.37. The van der Waals surface area contributed by atoms with Crippen LogP contribution in [0.25, 0.3) is 0 Å². The van der Waals surface area contributed by atoms with Gasteiger partial charge in [-0.1, -0.05) is 39.2 Å². The van der Waals surface area contributed by atoms with E-state index in [-0.39, 0.29) is 5.91 Å². The van der Waals surface area contributed by atoms with E-state index < -0.39 is 0 Å². The van der Waals surface area contributed by atoms with E-state index in [1.165, 1.54) is 12.8 Å². The predicted octanol–water partition coefficient (Wildman–Crippen LogP) is 3.63. The molecule has 17 heavy (non-hydrogen) atoms. The number of hydrogen-bond donors (Lipinski definition) is 1. The van der Waals surface area contributed by atoms with Gasteiger partial charge in [0.05, 0.1) is 0 Å². The zero-order valence-electron chi connectivity index (χ0n) is 10.8. The normalized spacial score (nSPS) is 12.1. The Bertz CT molecular complexity index is 324. The molecule has 0 saturated carbocycles. The third kappa shape index (κ3) is 5.48. The molecule has 1 rings (SSSR count). The fourth-order valence-electron chi connectivity index (χ4n) is 1.84. The number of nitrogens with one attached hydrogen (secondary N) is 1. The summed E-state index contributed by atoms with van der Waals surface area (Å²) in [6, 6.07) is 5.52. The van der Waals surface area contributed by atoms with Crippen molar-refractivity contribution in [1.82, 2.24) is 4.98 Å². The number of amides is 1. The Morgan fingerprint density at radius 3 is 2.82 bits per heavy atom. The number of aromatic nitrogens is 1. The molecule has 0 radical (unpaired) electrons. The standard InChI is InChI=1S/C14H22N2O/c1-3-5-8-12(4-2)11-14(17)16-13-9-6-7-10-15-13/h6-7,9-10,12H,3-5,8,11H2,1-2H3,(H,15,16,17). The van der Waals surface area contributed by atoms with Crippen molar-refractivity contribution in [2.75, 3.05) is 5.32 Å². The van der Waals surface area contributed by atoms with Gasteiger partial charge in [-0.05, 0) is 24.5 Å². The summed E-state index contributed by atoms with van der Waals surface area (Å²) in [5.74, 6) is 1.22. The molecule has 1 atom stereocenters. The lowest BCUT2D eigenvalue weighted by Crippen LogP contribution is -2.16. The van der Waals surface area contributed by atoms with E-state index in [1.807, 2.05) is 18.2 Å². The van der Waals surface area contributed by atoms with Gasteiger partial charge in [0, 0.05) is 12.6 Å². The summed E-state index contributed by atoms with van der Waals surface area (Å²) in [4.78, 5) is 15.9. The fraction of sp³-hybridized carbons (Fsp3) is 0.571. The van der Waals surface area contributed by atoms with E-state index in [0.29, 0.717) is 18.2 Å². The average Bonchev–Trinajstić information content (AvgIpc) is 2.35. The largest absolute Gasteiger partial charge is 0.311 e. The van der Waals surface area contributed by atoms with Gasteiger partial charge in [-0.15, -0.1) is 0 Å². The minimum atomic E-state index is 0.0756. The number of rotatable bonds is 7. The van der Waals surface area contributed by atoms with Crippen LogP contribution in [0.4, 0.5) is 5.82 Å². The summed E-state index contributed by atoms with van der Waals surface area (Å²) in [5, 5.41) is 2.83. The van der Waals surface area contributed by atoms with Gasteiger partial charge >= 0.3 is 0 Å². The van der Waals surface area contributed by atoms with Crippen LogP contribution < -0.4 is 5.32 Å². The van der Waals surface area contributed by atoms with Gasteiger partial charge in [-0.2, -0.15) is 0 Å². The highest BCUT2D eigenvalue weighted by atomic mass is 16.1. The minimum Gasteiger partial charge on any atom is -0.311 e. The molecule has 0 saturated heterocycles. The number of nitrogens with zero attached hydrogens (tertiary/aromatic N) is 1. The third-order valence-electron chi connectivity index (χ3n) is 2.95. The van der Waals surface area contributed by atoms with Crippen LogP contribution in [-0.2, 0) is 4.79 Å². The lowest BCUT2D eigenvalue weighted by molar-refractivity contribution is -0.117. The van der Waals surface area contributed by atoms with Gasteiger partial charge in [-0.25, -0.2) is 4.98 Å². The van der Waals surface area contributed by atoms with Gasteiger partial charge in [0.2, 0.25) is 5.91 Å². The first kappa shape index (κ1) is 13.7. The van der Waals surface area contributed by atoms with Gasteiger partial charge in [0.25, 0.3) is 0 Å². The molecular formula is C14H22N2O. The number of pyridine rings is 1. The second-order valence-electron chi connectivity index (χ2n) is 4.38. The average molecular weight is 234 g/mol. The molecular weight excluding hydrogens is 212 g/mol. The SMILES string of the molecule is CCCCC(CC)CC(=O)Nc1ccccn1. The van der Waals surface area contributed by atoms with Crippen LogP contribution in [0.5, 0.6) is 0 Å². The maximum atomic E-state index is 11.8. The van der Waals surface area contributed by atoms with Crippen molar-refractivity contribution < 1.29 is 4.79 Å². The van der Waals surface area contributed by atoms with Crippen molar-refractivity contribution in [2.24, 2.45) is 5.92 Å². The monoisotopic (exact) mass is 234 g/mol. The predicted molar refractivity (Wildman–Crippen MR) is 70.8 cm³/mol. The van der Waals surface area contributed by atoms with Crippen LogP contribution in [0.3, 0.4) is 0 Å². The molecule has 0 fully saturated rings. The van der Waals surface area contributed by atoms with E-state index in [0.717, 1.165) is 12.8 Å². The van der Waals surface area contributed by atoms with E-state index in [4.69, 9.17) is 0 Å². The first-order valence-electron chi connectivity index (χ1n) is 6.47. The molecule has 1 amide bonds. The molecule has 1 N–H and O–H groups in total. The number of anilines is 1. The molecule has 0 spiro atoms. The molecule has 0 aliphatic heterocycles. The summed E-state index contributed by atoms with van der Waals surface area (Å²) < 4.78 is 0. The van der Waals surface area contributed by atoms with Crippen LogP contribution >= 0.6 is 0 Å². The Morgan fingerprint density at radius 1 is 1.41 bits per heavy atom. The Hall–Kier alpha value is -1.38. The van der Waals surface area contributed by atoms with E-state index in [1.54, 1.807) is 6.20 Å². The van der Waals surface area contributed by atoms with Gasteiger partial charge in [0.1, 0.15) is 5.82 Å². The molecule has 94 valence electrons. The van der Waals surface area contributed by atoms with Crippen molar-refractivity contribution in [2.45, 2.75) is 46.0 Å². The molecule has 1 aromatic rings. The molecule has 0 aliphatic carbocycles. The maximum Gasteiger partial charge on any atom is 0.225 e. The van der Waals surface area contributed by atoms with Crippen molar-refractivity contribution in [3.63, 3.8) is 0 Å². The number of carbonyl (C=O) groups excluding carboxylic acids is 1. The summed E-state index contributed by atoms with van der Waals surface area (Å²) in [6.45, 7) is 4.33. The van der Waals surface area contributed by atoms with Crippen LogP contribution in [-0.4, -0.2) is 10.9 Å². The molecule has 0 aliphatic rings. The topological polar surface area (TPSA) is 42.0 Å². The second kappa shape index (κ2) is 7.82. The Kier molecular flexibility index (Phi) is 6.30. The number of unbranched alkanes of at least 4 members (excludes halogenated alkanes) is 1. The van der Waals surface area contributed by atoms with Gasteiger partial charge < -0.3 is 5.32 Å². The van der Waals surface area contributed by atoms with Crippen molar-refractivity contribution in [1.29, 1.82) is 0 Å². The summed E-state index contributed by atoms with van der Waals surface area (Å²) in [7, 11) is 0. The molecule has 3 heteroatoms. The third-order valence-corrected chi connectivity index (χ3v) is 2.95. The Morgan fingerprint density at radius 2 is 2.24 bits per heavy atom. The van der Waals surface area contributed by atoms with Crippen LogP contribution in [0.1, 0.15) is 46.0 Å². The summed E-state index contributed by atoms with van der Waals surface area (Å²) >= 11 is 0. The second-order valence-corrected chi connectivity index (χ2v) is 4.38. The highest BCUT2D eigenvalue weighted by Gasteiger charge is 2.11. The van der Waals surface area contributed by atoms with Crippen molar-refractivity contribution in [3.8, 4) is 0 Å². The van der Waals surface area contributed by atoms with Crippen LogP contribution in [0.15, 0.2) is 24.4 Å². The first-order chi connectivity index (χ1) is 8.26. The fourth-order valence-corrected chi connectivity index (χ4v) is 1.84. The lowest BCUT2D eigenvalue weighted by Gasteiger charge is -2.13. The van der Waals surface area contributed by atoms with Crippen LogP contribution in [0, 0.1) is 5.92 Å². The number of hydrogen-bond acceptors (Lipinski definition) is 2. The lowest BCUT2D eigenvalue weighted by atomic mass is 9.95. The van der Waals surface area contributed by atoms with Crippen LogP contribution in [0.2, 0.25) is 0 Å². The molecule has 3 nitrogen and oxygen atoms in total. The van der Waals surface area contributed by atoms with E-state index >= 15 is 0 Å². The van der Waals surface area contributed by atoms with Gasteiger partial charge in [0.15, 0.2) is 0 Å². The summed E-state index contributed by atoms with van der Waals surface area (Å²) in [5.41, 5.74) is 0. The molecule has 1 aromatic heterocycles. The molecule has 1 unspecified atom stereocenters. The van der Waals surface area contributed by atoms with E-state index in [2.05, 4.69) is 24.1 Å². The zero-order chi connectivity index (χ0) is 12.5. The minimum absolute atomic E-state index is 0.0756. The van der Waals surface area contributed by atoms with Crippen molar-refractivity contribution >= 4 is 11.7 Å². The smallest absolute Gasteiger partial charge is 0.225 e. The quantitative estimate of drug-likeness (QED) is 0.782. The number of carbonyl (C=O) groups is 1. The van der Waals surface area contributed by atoms with Gasteiger partial charge in [-0.3, -0.25) is 4.79 Å². The molecule has 1 heterocycles. The first-order valence-corrected chi connectivity index (χ1v) is 6.47. The maximum absolute atomic E-state index is 11.8. The van der Waals surface area contributed by atoms with E-state index in [9.17, 15) is 4.79 Å².